The Labute approximate surface area is 344 Å². The molecule has 0 saturated carbocycles. The van der Waals surface area contributed by atoms with Crippen LogP contribution in [0.2, 0.25) is 0 Å². The molecular weight excluding hydrogens is 715 g/mol. The average Bonchev–Trinajstić information content (AvgIpc) is 3.81. The fourth-order valence-electron chi connectivity index (χ4n) is 9.16. The number of rotatable bonds is 6. The highest BCUT2D eigenvalue weighted by molar-refractivity contribution is 6.11. The zero-order valence-electron chi connectivity index (χ0n) is 33.3. The molecule has 0 atom stereocenters. The van der Waals surface area contributed by atoms with Crippen molar-refractivity contribution in [3.8, 4) is 61.3 Å². The molecule has 11 aromatic rings. The van der Waals surface area contributed by atoms with Crippen LogP contribution in [0.1, 0.15) is 16.7 Å². The van der Waals surface area contributed by atoms with Crippen molar-refractivity contribution < 1.29 is 4.42 Å². The van der Waals surface area contributed by atoms with E-state index in [-0.39, 0.29) is 0 Å². The third-order valence-electron chi connectivity index (χ3n) is 12.1. The number of para-hydroxylation sites is 2. The molecule has 0 radical (unpaired) electrons. The Hall–Kier alpha value is -7.42. The highest BCUT2D eigenvalue weighted by atomic mass is 16.3. The molecule has 2 nitrogen and oxygen atoms in total. The molecule has 0 N–H and O–H groups in total. The molecular formula is C57H41NO. The predicted molar refractivity (Wildman–Crippen MR) is 249 cm³/mol. The number of aromatic nitrogens is 1. The van der Waals surface area contributed by atoms with Crippen molar-refractivity contribution in [2.45, 2.75) is 20.8 Å². The third-order valence-corrected chi connectivity index (χ3v) is 12.1. The van der Waals surface area contributed by atoms with Gasteiger partial charge in [0.15, 0.2) is 0 Å². The minimum Gasteiger partial charge on any atom is -0.456 e. The molecule has 0 saturated heterocycles. The van der Waals surface area contributed by atoms with E-state index < -0.39 is 0 Å². The number of benzene rings is 9. The minimum atomic E-state index is 0.916. The second-order valence-corrected chi connectivity index (χ2v) is 16.0. The molecule has 0 amide bonds. The Morgan fingerprint density at radius 3 is 1.41 bits per heavy atom. The lowest BCUT2D eigenvalue weighted by Crippen LogP contribution is -2.01. The summed E-state index contributed by atoms with van der Waals surface area (Å²) in [5.41, 5.74) is 21.3. The van der Waals surface area contributed by atoms with Gasteiger partial charge in [-0.15, -0.1) is 0 Å². The maximum absolute atomic E-state index is 6.14. The van der Waals surface area contributed by atoms with E-state index in [1.54, 1.807) is 0 Å². The number of hydrogen-bond acceptors (Lipinski definition) is 1. The van der Waals surface area contributed by atoms with E-state index in [4.69, 9.17) is 4.42 Å². The second kappa shape index (κ2) is 13.9. The highest BCUT2D eigenvalue weighted by Gasteiger charge is 2.18. The monoisotopic (exact) mass is 755 g/mol. The zero-order chi connectivity index (χ0) is 39.6. The highest BCUT2D eigenvalue weighted by Crippen LogP contribution is 2.40. The van der Waals surface area contributed by atoms with Crippen LogP contribution < -0.4 is 0 Å². The van der Waals surface area contributed by atoms with Crippen molar-refractivity contribution in [2.75, 3.05) is 0 Å². The van der Waals surface area contributed by atoms with Gasteiger partial charge in [-0.3, -0.25) is 0 Å². The molecule has 280 valence electrons. The standard InChI is InChI=1S/C57H41NO/c1-36-21-23-39(24-22-36)40-11-8-12-41(31-40)42-13-9-14-43(32-42)44-15-10-16-45(33-44)48-29-37(2)57(38(3)30-48)58-53-19-6-4-17-49(53)51-34-46(25-27-54(51)58)47-26-28-56-52(35-47)50-18-5-7-20-55(50)59-56/h4-35H,1-3H3. The molecule has 0 aliphatic carbocycles. The lowest BCUT2D eigenvalue weighted by Gasteiger charge is -2.17. The van der Waals surface area contributed by atoms with E-state index in [2.05, 4.69) is 207 Å². The lowest BCUT2D eigenvalue weighted by molar-refractivity contribution is 0.669. The summed E-state index contributed by atoms with van der Waals surface area (Å²) in [5, 5.41) is 4.79. The lowest BCUT2D eigenvalue weighted by atomic mass is 9.93. The fourth-order valence-corrected chi connectivity index (χ4v) is 9.16. The van der Waals surface area contributed by atoms with Crippen LogP contribution in [0.15, 0.2) is 199 Å². The number of nitrogens with zero attached hydrogens (tertiary/aromatic N) is 1. The minimum absolute atomic E-state index is 0.916. The second-order valence-electron chi connectivity index (χ2n) is 16.0. The van der Waals surface area contributed by atoms with E-state index in [0.29, 0.717) is 0 Å². The molecule has 11 rings (SSSR count). The Kier molecular flexibility index (Phi) is 8.20. The summed E-state index contributed by atoms with van der Waals surface area (Å²) >= 11 is 0. The molecule has 0 aliphatic heterocycles. The Morgan fingerprint density at radius 1 is 0.305 bits per heavy atom. The van der Waals surface area contributed by atoms with Crippen LogP contribution in [-0.2, 0) is 0 Å². The molecule has 9 aromatic carbocycles. The van der Waals surface area contributed by atoms with E-state index in [1.165, 1.54) is 99.8 Å². The Bertz CT molecular complexity index is 3390. The number of fused-ring (bicyclic) bond motifs is 6. The van der Waals surface area contributed by atoms with Gasteiger partial charge in [-0.2, -0.15) is 0 Å². The van der Waals surface area contributed by atoms with E-state index in [9.17, 15) is 0 Å². The van der Waals surface area contributed by atoms with Gasteiger partial charge in [0.1, 0.15) is 11.2 Å². The van der Waals surface area contributed by atoms with Gasteiger partial charge < -0.3 is 8.98 Å². The first-order valence-electron chi connectivity index (χ1n) is 20.4. The van der Waals surface area contributed by atoms with Gasteiger partial charge in [0, 0.05) is 21.5 Å². The topological polar surface area (TPSA) is 18.1 Å². The molecule has 2 heterocycles. The first kappa shape index (κ1) is 34.8. The molecule has 0 fully saturated rings. The molecule has 2 heteroatoms. The predicted octanol–water partition coefficient (Wildman–Crippen LogP) is 15.9. The molecule has 0 spiro atoms. The van der Waals surface area contributed by atoms with Crippen molar-refractivity contribution in [2.24, 2.45) is 0 Å². The van der Waals surface area contributed by atoms with Crippen LogP contribution in [0, 0.1) is 20.8 Å². The normalized spacial score (nSPS) is 11.6. The molecule has 2 aromatic heterocycles. The Morgan fingerprint density at radius 2 is 0.763 bits per heavy atom. The van der Waals surface area contributed by atoms with Crippen molar-refractivity contribution >= 4 is 43.7 Å². The van der Waals surface area contributed by atoms with Gasteiger partial charge >= 0.3 is 0 Å². The summed E-state index contributed by atoms with van der Waals surface area (Å²) in [5.74, 6) is 0. The molecule has 0 unspecified atom stereocenters. The third kappa shape index (κ3) is 6.04. The molecule has 0 aliphatic rings. The fraction of sp³-hybridized carbons (Fsp3) is 0.0526. The van der Waals surface area contributed by atoms with Crippen molar-refractivity contribution in [3.63, 3.8) is 0 Å². The van der Waals surface area contributed by atoms with Gasteiger partial charge in [0.2, 0.25) is 0 Å². The van der Waals surface area contributed by atoms with Crippen LogP contribution in [-0.4, -0.2) is 4.57 Å². The van der Waals surface area contributed by atoms with Crippen LogP contribution in [0.5, 0.6) is 0 Å². The average molecular weight is 756 g/mol. The summed E-state index contributed by atoms with van der Waals surface area (Å²) in [6.45, 7) is 6.64. The number of hydrogen-bond donors (Lipinski definition) is 0. The number of furan rings is 1. The smallest absolute Gasteiger partial charge is 0.135 e. The number of aryl methyl sites for hydroxylation is 3. The van der Waals surface area contributed by atoms with Crippen LogP contribution in [0.3, 0.4) is 0 Å². The van der Waals surface area contributed by atoms with Gasteiger partial charge in [-0.25, -0.2) is 0 Å². The van der Waals surface area contributed by atoms with Gasteiger partial charge in [-0.1, -0.05) is 133 Å². The van der Waals surface area contributed by atoms with Gasteiger partial charge in [0.25, 0.3) is 0 Å². The van der Waals surface area contributed by atoms with E-state index in [0.717, 1.165) is 21.9 Å². The molecule has 0 bridgehead atoms. The molecule has 59 heavy (non-hydrogen) atoms. The van der Waals surface area contributed by atoms with Gasteiger partial charge in [0.05, 0.1) is 16.7 Å². The van der Waals surface area contributed by atoms with E-state index in [1.807, 2.05) is 12.1 Å². The van der Waals surface area contributed by atoms with Crippen molar-refractivity contribution in [1.29, 1.82) is 0 Å². The maximum Gasteiger partial charge on any atom is 0.135 e. The zero-order valence-corrected chi connectivity index (χ0v) is 33.3. The maximum atomic E-state index is 6.14. The first-order chi connectivity index (χ1) is 28.9. The SMILES string of the molecule is Cc1ccc(-c2cccc(-c3cccc(-c4cccc(-c5cc(C)c(-n6c7ccccc7c7cc(-c8ccc9oc%10ccccc%10c9c8)ccc76)c(C)c5)c4)c3)c2)cc1. The quantitative estimate of drug-likeness (QED) is 0.165. The first-order valence-corrected chi connectivity index (χ1v) is 20.4. The summed E-state index contributed by atoms with van der Waals surface area (Å²) in [6.07, 6.45) is 0. The van der Waals surface area contributed by atoms with E-state index >= 15 is 0 Å². The largest absolute Gasteiger partial charge is 0.456 e. The Balaban J connectivity index is 0.949. The van der Waals surface area contributed by atoms with Crippen molar-refractivity contribution in [3.05, 3.63) is 211 Å². The van der Waals surface area contributed by atoms with Crippen LogP contribution in [0.4, 0.5) is 0 Å². The summed E-state index contributed by atoms with van der Waals surface area (Å²) < 4.78 is 8.61. The van der Waals surface area contributed by atoms with Crippen LogP contribution >= 0.6 is 0 Å². The summed E-state index contributed by atoms with van der Waals surface area (Å²) in [4.78, 5) is 0. The summed E-state index contributed by atoms with van der Waals surface area (Å²) in [6, 6.07) is 70.8. The van der Waals surface area contributed by atoms with Crippen LogP contribution in [0.25, 0.3) is 105 Å². The summed E-state index contributed by atoms with van der Waals surface area (Å²) in [7, 11) is 0. The van der Waals surface area contributed by atoms with Crippen molar-refractivity contribution in [1.82, 2.24) is 4.57 Å². The van der Waals surface area contributed by atoms with Gasteiger partial charge in [-0.05, 0) is 154 Å².